The van der Waals surface area contributed by atoms with Crippen LogP contribution in [0, 0.1) is 11.8 Å². The van der Waals surface area contributed by atoms with Crippen molar-refractivity contribution in [3.8, 4) is 0 Å². The molecule has 32 heavy (non-hydrogen) atoms. The number of carboxylic acid groups (broad SMARTS) is 1. The quantitative estimate of drug-likeness (QED) is 0.373. The predicted octanol–water partition coefficient (Wildman–Crippen LogP) is 2.07. The van der Waals surface area contributed by atoms with E-state index < -0.39 is 35.8 Å². The number of benzene rings is 2. The molecular weight excluding hydrogens is 412 g/mol. The molecule has 8 heteroatoms. The number of hydrogen-bond donors (Lipinski definition) is 4. The first-order valence-corrected chi connectivity index (χ1v) is 10.5. The number of hydroxylamine groups is 1. The molecule has 0 unspecified atom stereocenters. The lowest BCUT2D eigenvalue weighted by molar-refractivity contribution is -0.150. The molecule has 0 aliphatic rings. The van der Waals surface area contributed by atoms with Crippen LogP contribution in [0.5, 0.6) is 0 Å². The number of carbonyl (C=O) groups is 3. The Bertz CT molecular complexity index is 873. The van der Waals surface area contributed by atoms with Gasteiger partial charge in [0.25, 0.3) is 0 Å². The highest BCUT2D eigenvalue weighted by Crippen LogP contribution is 2.15. The monoisotopic (exact) mass is 442 g/mol. The molecule has 0 saturated heterocycles. The third kappa shape index (κ3) is 8.13. The van der Waals surface area contributed by atoms with Gasteiger partial charge in [-0.25, -0.2) is 10.3 Å². The van der Waals surface area contributed by atoms with Gasteiger partial charge in [0.1, 0.15) is 12.1 Å². The predicted molar refractivity (Wildman–Crippen MR) is 118 cm³/mol. The maximum atomic E-state index is 12.8. The molecule has 0 saturated carbocycles. The van der Waals surface area contributed by atoms with Gasteiger partial charge >= 0.3 is 5.97 Å². The Hall–Kier alpha value is -3.23. The second-order valence-electron chi connectivity index (χ2n) is 8.01. The van der Waals surface area contributed by atoms with Crippen molar-refractivity contribution in [2.75, 3.05) is 0 Å². The highest BCUT2D eigenvalue weighted by molar-refractivity contribution is 5.91. The average molecular weight is 443 g/mol. The van der Waals surface area contributed by atoms with Gasteiger partial charge in [0.05, 0.1) is 12.5 Å². The fraction of sp³-hybridized carbons (Fsp3) is 0.375. The zero-order chi connectivity index (χ0) is 23.5. The number of amides is 2. The summed E-state index contributed by atoms with van der Waals surface area (Å²) in [6.07, 6.45) is -1.49. The second-order valence-corrected chi connectivity index (χ2v) is 8.01. The first-order chi connectivity index (χ1) is 15.3. The largest absolute Gasteiger partial charge is 0.480 e. The second kappa shape index (κ2) is 12.6. The molecule has 0 aromatic heterocycles. The van der Waals surface area contributed by atoms with Crippen LogP contribution in [0.4, 0.5) is 0 Å². The smallest absolute Gasteiger partial charge is 0.326 e. The molecule has 2 aromatic rings. The molecule has 172 valence electrons. The highest BCUT2D eigenvalue weighted by atomic mass is 16.6. The average Bonchev–Trinajstić information content (AvgIpc) is 2.77. The van der Waals surface area contributed by atoms with Crippen LogP contribution in [0.15, 0.2) is 60.7 Å². The van der Waals surface area contributed by atoms with Gasteiger partial charge < -0.3 is 15.5 Å². The maximum absolute atomic E-state index is 12.8. The van der Waals surface area contributed by atoms with Crippen LogP contribution in [0.3, 0.4) is 0 Å². The normalized spacial score (nSPS) is 13.8. The van der Waals surface area contributed by atoms with Gasteiger partial charge in [0.15, 0.2) is 0 Å². The van der Waals surface area contributed by atoms with Crippen LogP contribution >= 0.6 is 0 Å². The van der Waals surface area contributed by atoms with E-state index >= 15 is 0 Å². The van der Waals surface area contributed by atoms with Crippen molar-refractivity contribution in [3.05, 3.63) is 71.8 Å². The van der Waals surface area contributed by atoms with Crippen molar-refractivity contribution in [2.45, 2.75) is 45.4 Å². The van der Waals surface area contributed by atoms with Crippen molar-refractivity contribution < 1.29 is 29.4 Å². The number of hydrogen-bond acceptors (Lipinski definition) is 5. The van der Waals surface area contributed by atoms with Gasteiger partial charge in [-0.05, 0) is 29.9 Å². The zero-order valence-corrected chi connectivity index (χ0v) is 18.2. The Balaban J connectivity index is 2.09. The van der Waals surface area contributed by atoms with Gasteiger partial charge in [-0.15, -0.1) is 0 Å². The number of aliphatic hydroxyl groups excluding tert-OH is 1. The molecule has 8 nitrogen and oxygen atoms in total. The van der Waals surface area contributed by atoms with Gasteiger partial charge in [-0.3, -0.25) is 14.4 Å². The van der Waals surface area contributed by atoms with Crippen LogP contribution in [0.2, 0.25) is 0 Å². The first-order valence-electron chi connectivity index (χ1n) is 10.5. The van der Waals surface area contributed by atoms with E-state index in [-0.39, 0.29) is 25.4 Å². The van der Waals surface area contributed by atoms with E-state index in [0.29, 0.717) is 0 Å². The third-order valence-electron chi connectivity index (χ3n) is 4.86. The summed E-state index contributed by atoms with van der Waals surface area (Å²) in [5.41, 5.74) is 3.87. The van der Waals surface area contributed by atoms with Gasteiger partial charge in [0.2, 0.25) is 11.8 Å². The van der Waals surface area contributed by atoms with Crippen molar-refractivity contribution in [2.24, 2.45) is 11.8 Å². The summed E-state index contributed by atoms with van der Waals surface area (Å²) in [7, 11) is 0. The Morgan fingerprint density at radius 2 is 1.47 bits per heavy atom. The zero-order valence-electron chi connectivity index (χ0n) is 18.2. The van der Waals surface area contributed by atoms with Crippen LogP contribution in [0.25, 0.3) is 0 Å². The van der Waals surface area contributed by atoms with Gasteiger partial charge in [-0.2, -0.15) is 0 Å². The lowest BCUT2D eigenvalue weighted by atomic mass is 9.92. The third-order valence-corrected chi connectivity index (χ3v) is 4.86. The molecule has 2 amide bonds. The molecule has 3 atom stereocenters. The van der Waals surface area contributed by atoms with E-state index in [2.05, 4.69) is 10.8 Å². The molecule has 0 radical (unpaired) electrons. The van der Waals surface area contributed by atoms with Crippen LogP contribution in [-0.4, -0.2) is 40.1 Å². The fourth-order valence-corrected chi connectivity index (χ4v) is 3.19. The van der Waals surface area contributed by atoms with Crippen LogP contribution in [0.1, 0.15) is 31.4 Å². The topological polar surface area (TPSA) is 125 Å². The number of nitrogens with one attached hydrogen (secondary N) is 2. The minimum atomic E-state index is -1.76. The number of carbonyl (C=O) groups excluding carboxylic acids is 2. The summed E-state index contributed by atoms with van der Waals surface area (Å²) in [6, 6.07) is 17.0. The molecule has 0 heterocycles. The van der Waals surface area contributed by atoms with E-state index in [4.69, 9.17) is 4.84 Å². The lowest BCUT2D eigenvalue weighted by Gasteiger charge is -2.24. The summed E-state index contributed by atoms with van der Waals surface area (Å²) < 4.78 is 0. The van der Waals surface area contributed by atoms with Gasteiger partial charge in [0, 0.05) is 0 Å². The SMILES string of the molecule is CC(C)C[C@H](NC(=O)[C@@H](O)[C@@H](Cc1ccccc1)C(=O)NOCc1ccccc1)C(=O)O. The standard InChI is InChI=1S/C24H30N2O6/c1-16(2)13-20(24(30)31)25-23(29)21(27)19(14-17-9-5-3-6-10-17)22(28)26-32-15-18-11-7-4-8-12-18/h3-12,16,19-21,27H,13-15H2,1-2H3,(H,25,29)(H,26,28)(H,30,31)/t19-,20+,21+/m1/s1. The van der Waals surface area contributed by atoms with E-state index in [0.717, 1.165) is 11.1 Å². The van der Waals surface area contributed by atoms with Crippen LogP contribution in [-0.2, 0) is 32.2 Å². The maximum Gasteiger partial charge on any atom is 0.326 e. The van der Waals surface area contributed by atoms with Crippen molar-refractivity contribution in [1.82, 2.24) is 10.8 Å². The Morgan fingerprint density at radius 1 is 0.906 bits per heavy atom. The lowest BCUT2D eigenvalue weighted by Crippen LogP contribution is -2.51. The molecule has 4 N–H and O–H groups in total. The minimum Gasteiger partial charge on any atom is -0.480 e. The molecule has 0 fully saturated rings. The number of aliphatic hydroxyl groups is 1. The molecule has 0 bridgehead atoms. The molecule has 0 spiro atoms. The summed E-state index contributed by atoms with van der Waals surface area (Å²) in [5.74, 6) is -3.96. The number of aliphatic carboxylic acids is 1. The summed E-state index contributed by atoms with van der Waals surface area (Å²) in [6.45, 7) is 3.77. The van der Waals surface area contributed by atoms with Crippen molar-refractivity contribution in [3.63, 3.8) is 0 Å². The fourth-order valence-electron chi connectivity index (χ4n) is 3.19. The Morgan fingerprint density at radius 3 is 2.00 bits per heavy atom. The van der Waals surface area contributed by atoms with E-state index in [1.807, 2.05) is 50.2 Å². The highest BCUT2D eigenvalue weighted by Gasteiger charge is 2.34. The molecule has 0 aliphatic heterocycles. The number of carboxylic acids is 1. The van der Waals surface area contributed by atoms with E-state index in [1.54, 1.807) is 24.3 Å². The number of rotatable bonds is 12. The molecular formula is C24H30N2O6. The van der Waals surface area contributed by atoms with Gasteiger partial charge in [-0.1, -0.05) is 74.5 Å². The Kier molecular flexibility index (Phi) is 9.84. The summed E-state index contributed by atoms with van der Waals surface area (Å²) >= 11 is 0. The minimum absolute atomic E-state index is 0.0170. The summed E-state index contributed by atoms with van der Waals surface area (Å²) in [4.78, 5) is 42.1. The van der Waals surface area contributed by atoms with Crippen molar-refractivity contribution in [1.29, 1.82) is 0 Å². The molecule has 2 rings (SSSR count). The molecule has 0 aliphatic carbocycles. The first kappa shape index (κ1) is 25.0. The molecule has 2 aromatic carbocycles. The van der Waals surface area contributed by atoms with E-state index in [9.17, 15) is 24.6 Å². The van der Waals surface area contributed by atoms with Crippen molar-refractivity contribution >= 4 is 17.8 Å². The summed E-state index contributed by atoms with van der Waals surface area (Å²) in [5, 5.41) is 22.4. The Labute approximate surface area is 187 Å². The van der Waals surface area contributed by atoms with E-state index in [1.165, 1.54) is 0 Å². The van der Waals surface area contributed by atoms with Crippen LogP contribution < -0.4 is 10.8 Å².